The SMILES string of the molecule is COc1ccc(NC(=O)CN2C(=O)C(c3ccc(C)cc3)=NC23CCCCC3)cc1. The average molecular weight is 405 g/mol. The van der Waals surface area contributed by atoms with E-state index >= 15 is 0 Å². The molecule has 1 saturated carbocycles. The van der Waals surface area contributed by atoms with E-state index in [-0.39, 0.29) is 18.4 Å². The molecule has 0 aromatic heterocycles. The van der Waals surface area contributed by atoms with Crippen molar-refractivity contribution in [3.05, 3.63) is 59.7 Å². The quantitative estimate of drug-likeness (QED) is 0.819. The molecule has 4 rings (SSSR count). The van der Waals surface area contributed by atoms with Gasteiger partial charge in [-0.25, -0.2) is 0 Å². The predicted octanol–water partition coefficient (Wildman–Crippen LogP) is 3.93. The number of hydrogen-bond acceptors (Lipinski definition) is 4. The summed E-state index contributed by atoms with van der Waals surface area (Å²) in [5.41, 5.74) is 2.48. The Bertz CT molecular complexity index is 958. The summed E-state index contributed by atoms with van der Waals surface area (Å²) in [6, 6.07) is 15.0. The number of carbonyl (C=O) groups excluding carboxylic acids is 2. The monoisotopic (exact) mass is 405 g/mol. The van der Waals surface area contributed by atoms with Crippen LogP contribution in [0.3, 0.4) is 0 Å². The second-order valence-corrected chi connectivity index (χ2v) is 8.04. The summed E-state index contributed by atoms with van der Waals surface area (Å²) in [5.74, 6) is 0.337. The molecule has 0 radical (unpaired) electrons. The van der Waals surface area contributed by atoms with E-state index in [1.807, 2.05) is 31.2 Å². The van der Waals surface area contributed by atoms with Gasteiger partial charge in [0, 0.05) is 11.3 Å². The van der Waals surface area contributed by atoms with Gasteiger partial charge in [0.25, 0.3) is 5.91 Å². The van der Waals surface area contributed by atoms with E-state index in [0.29, 0.717) is 11.4 Å². The highest BCUT2D eigenvalue weighted by Gasteiger charge is 2.48. The standard InChI is InChI=1S/C24H27N3O3/c1-17-6-8-18(9-7-17)22-23(29)27(24(26-22)14-4-3-5-15-24)16-21(28)25-19-10-12-20(30-2)13-11-19/h6-13H,3-5,14-16H2,1-2H3,(H,25,28). The molecule has 2 amide bonds. The lowest BCUT2D eigenvalue weighted by molar-refractivity contribution is -0.134. The number of rotatable bonds is 5. The Hall–Kier alpha value is -3.15. The fourth-order valence-corrected chi connectivity index (χ4v) is 4.27. The van der Waals surface area contributed by atoms with Gasteiger partial charge in [-0.15, -0.1) is 0 Å². The van der Waals surface area contributed by atoms with Crippen molar-refractivity contribution in [2.24, 2.45) is 4.99 Å². The third-order valence-electron chi connectivity index (χ3n) is 5.92. The molecule has 2 aliphatic rings. The molecular formula is C24H27N3O3. The molecule has 1 N–H and O–H groups in total. The van der Waals surface area contributed by atoms with Crippen molar-refractivity contribution in [1.82, 2.24) is 4.90 Å². The third-order valence-corrected chi connectivity index (χ3v) is 5.92. The van der Waals surface area contributed by atoms with Crippen LogP contribution in [0.5, 0.6) is 5.75 Å². The van der Waals surface area contributed by atoms with Crippen molar-refractivity contribution >= 4 is 23.2 Å². The molecule has 2 aromatic rings. The number of amides is 2. The highest BCUT2D eigenvalue weighted by molar-refractivity contribution is 6.47. The highest BCUT2D eigenvalue weighted by Crippen LogP contribution is 2.39. The Labute approximate surface area is 176 Å². The van der Waals surface area contributed by atoms with E-state index < -0.39 is 5.66 Å². The first-order chi connectivity index (χ1) is 14.5. The van der Waals surface area contributed by atoms with E-state index in [1.165, 1.54) is 0 Å². The van der Waals surface area contributed by atoms with E-state index in [1.54, 1.807) is 36.3 Å². The summed E-state index contributed by atoms with van der Waals surface area (Å²) in [4.78, 5) is 32.7. The fourth-order valence-electron chi connectivity index (χ4n) is 4.27. The molecule has 1 heterocycles. The van der Waals surface area contributed by atoms with Crippen LogP contribution < -0.4 is 10.1 Å². The summed E-state index contributed by atoms with van der Waals surface area (Å²) < 4.78 is 5.15. The lowest BCUT2D eigenvalue weighted by Gasteiger charge is -2.38. The van der Waals surface area contributed by atoms with E-state index in [0.717, 1.165) is 49.0 Å². The Balaban J connectivity index is 1.55. The van der Waals surface area contributed by atoms with Gasteiger partial charge in [-0.05, 0) is 56.9 Å². The zero-order valence-corrected chi connectivity index (χ0v) is 17.5. The number of benzene rings is 2. The second kappa shape index (κ2) is 8.30. The Morgan fingerprint density at radius 1 is 1.07 bits per heavy atom. The molecule has 1 aliphatic carbocycles. The van der Waals surface area contributed by atoms with Gasteiger partial charge in [-0.2, -0.15) is 0 Å². The van der Waals surface area contributed by atoms with Crippen LogP contribution in [0.1, 0.15) is 43.2 Å². The van der Waals surface area contributed by atoms with E-state index in [2.05, 4.69) is 5.32 Å². The number of aryl methyl sites for hydroxylation is 1. The Kier molecular flexibility index (Phi) is 5.57. The number of hydrogen-bond donors (Lipinski definition) is 1. The summed E-state index contributed by atoms with van der Waals surface area (Å²) in [7, 11) is 1.60. The van der Waals surface area contributed by atoms with Gasteiger partial charge in [0.1, 0.15) is 23.7 Å². The minimum Gasteiger partial charge on any atom is -0.497 e. The number of anilines is 1. The summed E-state index contributed by atoms with van der Waals surface area (Å²) in [6.07, 6.45) is 4.74. The molecule has 6 heteroatoms. The predicted molar refractivity (Wildman–Crippen MR) is 117 cm³/mol. The molecule has 2 aromatic carbocycles. The molecule has 1 fully saturated rings. The summed E-state index contributed by atoms with van der Waals surface area (Å²) in [6.45, 7) is 2.00. The van der Waals surface area contributed by atoms with Crippen molar-refractivity contribution in [2.75, 3.05) is 19.0 Å². The third kappa shape index (κ3) is 3.95. The van der Waals surface area contributed by atoms with Crippen molar-refractivity contribution in [3.8, 4) is 5.75 Å². The number of methoxy groups -OCH3 is 1. The van der Waals surface area contributed by atoms with E-state index in [4.69, 9.17) is 9.73 Å². The lowest BCUT2D eigenvalue weighted by atomic mass is 9.88. The van der Waals surface area contributed by atoms with E-state index in [9.17, 15) is 9.59 Å². The molecule has 1 spiro atoms. The van der Waals surface area contributed by atoms with Crippen molar-refractivity contribution in [3.63, 3.8) is 0 Å². The first-order valence-corrected chi connectivity index (χ1v) is 10.4. The second-order valence-electron chi connectivity index (χ2n) is 8.04. The van der Waals surface area contributed by atoms with Crippen LogP contribution in [0.2, 0.25) is 0 Å². The van der Waals surface area contributed by atoms with Crippen molar-refractivity contribution < 1.29 is 14.3 Å². The minimum atomic E-state index is -0.604. The maximum atomic E-state index is 13.3. The number of ether oxygens (including phenoxy) is 1. The molecule has 0 atom stereocenters. The molecule has 0 bridgehead atoms. The number of nitrogens with zero attached hydrogens (tertiary/aromatic N) is 2. The molecule has 30 heavy (non-hydrogen) atoms. The fraction of sp³-hybridized carbons (Fsp3) is 0.375. The number of aliphatic imine (C=N–C) groups is 1. The van der Waals surface area contributed by atoms with Crippen LogP contribution in [-0.2, 0) is 9.59 Å². The first kappa shape index (κ1) is 20.1. The van der Waals surface area contributed by atoms with Crippen LogP contribution in [0.25, 0.3) is 0 Å². The number of carbonyl (C=O) groups is 2. The van der Waals surface area contributed by atoms with Crippen LogP contribution in [0.15, 0.2) is 53.5 Å². The minimum absolute atomic E-state index is 0.0102. The van der Waals surface area contributed by atoms with Crippen LogP contribution in [-0.4, -0.2) is 41.7 Å². The largest absolute Gasteiger partial charge is 0.497 e. The molecular weight excluding hydrogens is 378 g/mol. The topological polar surface area (TPSA) is 71.0 Å². The van der Waals surface area contributed by atoms with Gasteiger partial charge >= 0.3 is 0 Å². The zero-order valence-electron chi connectivity index (χ0n) is 17.5. The van der Waals surface area contributed by atoms with Crippen molar-refractivity contribution in [1.29, 1.82) is 0 Å². The maximum Gasteiger partial charge on any atom is 0.275 e. The van der Waals surface area contributed by atoms with Crippen LogP contribution in [0.4, 0.5) is 5.69 Å². The van der Waals surface area contributed by atoms with Gasteiger partial charge in [0.15, 0.2) is 0 Å². The zero-order chi connectivity index (χ0) is 21.1. The van der Waals surface area contributed by atoms with Gasteiger partial charge in [-0.1, -0.05) is 36.2 Å². The molecule has 0 saturated heterocycles. The highest BCUT2D eigenvalue weighted by atomic mass is 16.5. The molecule has 6 nitrogen and oxygen atoms in total. The molecule has 156 valence electrons. The van der Waals surface area contributed by atoms with Gasteiger partial charge in [-0.3, -0.25) is 14.6 Å². The number of nitrogens with one attached hydrogen (secondary N) is 1. The Morgan fingerprint density at radius 3 is 2.37 bits per heavy atom. The average Bonchev–Trinajstić information content (AvgIpc) is 3.01. The van der Waals surface area contributed by atoms with Crippen molar-refractivity contribution in [2.45, 2.75) is 44.7 Å². The normalized spacial score (nSPS) is 17.7. The smallest absolute Gasteiger partial charge is 0.275 e. The molecule has 1 aliphatic heterocycles. The first-order valence-electron chi connectivity index (χ1n) is 10.4. The summed E-state index contributed by atoms with van der Waals surface area (Å²) >= 11 is 0. The maximum absolute atomic E-state index is 13.3. The van der Waals surface area contributed by atoms with Gasteiger partial charge < -0.3 is 15.0 Å². The van der Waals surface area contributed by atoms with Gasteiger partial charge in [0.2, 0.25) is 5.91 Å². The van der Waals surface area contributed by atoms with Crippen LogP contribution in [0, 0.1) is 6.92 Å². The Morgan fingerprint density at radius 2 is 1.73 bits per heavy atom. The van der Waals surface area contributed by atoms with Crippen LogP contribution >= 0.6 is 0 Å². The molecule has 0 unspecified atom stereocenters. The summed E-state index contributed by atoms with van der Waals surface area (Å²) in [5, 5.41) is 2.89. The lowest BCUT2D eigenvalue weighted by Crippen LogP contribution is -2.51. The van der Waals surface area contributed by atoms with Gasteiger partial charge in [0.05, 0.1) is 7.11 Å².